The van der Waals surface area contributed by atoms with Gasteiger partial charge in [-0.25, -0.2) is 0 Å². The van der Waals surface area contributed by atoms with E-state index in [1.807, 2.05) is 0 Å². The highest BCUT2D eigenvalue weighted by molar-refractivity contribution is 6.39. The second-order valence-electron chi connectivity index (χ2n) is 10.3. The molecule has 170 valence electrons. The summed E-state index contributed by atoms with van der Waals surface area (Å²) < 4.78 is 0. The largest absolute Gasteiger partial charge is 0.0616 e. The molecule has 1 aliphatic carbocycles. The van der Waals surface area contributed by atoms with E-state index in [9.17, 15) is 0 Å². The molecule has 36 heavy (non-hydrogen) atoms. The monoisotopic (exact) mass is 458 g/mol. The smallest absolute Gasteiger partial charge is 0.00137 e. The van der Waals surface area contributed by atoms with Crippen LogP contribution in [0.15, 0.2) is 109 Å². The summed E-state index contributed by atoms with van der Waals surface area (Å²) in [4.78, 5) is 0. The molecule has 7 aromatic rings. The first kappa shape index (κ1) is 20.1. The van der Waals surface area contributed by atoms with Gasteiger partial charge in [0, 0.05) is 0 Å². The van der Waals surface area contributed by atoms with E-state index in [0.29, 0.717) is 0 Å². The Morgan fingerprint density at radius 1 is 0.389 bits per heavy atom. The highest BCUT2D eigenvalue weighted by Gasteiger charge is 2.18. The Balaban J connectivity index is 1.61. The first-order valence-corrected chi connectivity index (χ1v) is 13.2. The maximum absolute atomic E-state index is 2.48. The van der Waals surface area contributed by atoms with E-state index in [0.717, 1.165) is 0 Å². The normalized spacial score (nSPS) is 13.7. The third kappa shape index (κ3) is 2.76. The quantitative estimate of drug-likeness (QED) is 0.215. The summed E-state index contributed by atoms with van der Waals surface area (Å²) >= 11 is 0. The van der Waals surface area contributed by atoms with Crippen molar-refractivity contribution in [2.75, 3.05) is 0 Å². The third-order valence-electron chi connectivity index (χ3n) is 8.42. The van der Waals surface area contributed by atoms with Gasteiger partial charge in [0.1, 0.15) is 0 Å². The zero-order valence-electron chi connectivity index (χ0n) is 20.2. The second kappa shape index (κ2) is 7.67. The molecule has 0 aliphatic heterocycles. The van der Waals surface area contributed by atoms with Gasteiger partial charge in [-0.1, -0.05) is 103 Å². The fourth-order valence-corrected chi connectivity index (χ4v) is 6.84. The molecule has 0 N–H and O–H groups in total. The Morgan fingerprint density at radius 3 is 1.56 bits per heavy atom. The van der Waals surface area contributed by atoms with Gasteiger partial charge in [-0.2, -0.15) is 0 Å². The maximum Gasteiger partial charge on any atom is -0.00137 e. The lowest BCUT2D eigenvalue weighted by Crippen LogP contribution is -2.04. The van der Waals surface area contributed by atoms with Crippen LogP contribution in [0.2, 0.25) is 0 Å². The zero-order chi connectivity index (χ0) is 23.6. The summed E-state index contributed by atoms with van der Waals surface area (Å²) in [6.45, 7) is 0. The van der Waals surface area contributed by atoms with Crippen molar-refractivity contribution in [1.29, 1.82) is 0 Å². The van der Waals surface area contributed by atoms with Crippen LogP contribution in [0, 0.1) is 0 Å². The van der Waals surface area contributed by atoms with Gasteiger partial charge in [0.05, 0.1) is 0 Å². The molecule has 0 fully saturated rings. The van der Waals surface area contributed by atoms with E-state index in [2.05, 4.69) is 109 Å². The lowest BCUT2D eigenvalue weighted by molar-refractivity contribution is 0.687. The average molecular weight is 459 g/mol. The molecule has 0 unspecified atom stereocenters. The highest BCUT2D eigenvalue weighted by Crippen LogP contribution is 2.45. The second-order valence-corrected chi connectivity index (χ2v) is 10.3. The molecule has 1 aliphatic rings. The first-order valence-electron chi connectivity index (χ1n) is 13.2. The molecule has 0 atom stereocenters. The van der Waals surface area contributed by atoms with Crippen molar-refractivity contribution in [1.82, 2.24) is 0 Å². The number of aryl methyl sites for hydroxylation is 1. The van der Waals surface area contributed by atoms with Crippen LogP contribution in [0.4, 0.5) is 0 Å². The van der Waals surface area contributed by atoms with Gasteiger partial charge in [0.2, 0.25) is 0 Å². The Hall–Kier alpha value is -4.16. The zero-order valence-corrected chi connectivity index (χ0v) is 20.2. The molecule has 8 rings (SSSR count). The molecule has 0 spiro atoms. The van der Waals surface area contributed by atoms with Gasteiger partial charge in [0.25, 0.3) is 0 Å². The van der Waals surface area contributed by atoms with Crippen LogP contribution in [0.3, 0.4) is 0 Å². The summed E-state index contributed by atoms with van der Waals surface area (Å²) in [5.74, 6) is 0. The molecule has 0 saturated carbocycles. The van der Waals surface area contributed by atoms with Crippen LogP contribution in [-0.4, -0.2) is 0 Å². The minimum atomic E-state index is 1.19. The minimum absolute atomic E-state index is 1.19. The van der Waals surface area contributed by atoms with Crippen LogP contribution >= 0.6 is 0 Å². The van der Waals surface area contributed by atoms with Crippen molar-refractivity contribution >= 4 is 53.9 Å². The van der Waals surface area contributed by atoms with E-state index in [1.165, 1.54) is 90.7 Å². The summed E-state index contributed by atoms with van der Waals surface area (Å²) in [6.07, 6.45) is 5.00. The molecule has 0 nitrogen and oxygen atoms in total. The van der Waals surface area contributed by atoms with Crippen molar-refractivity contribution < 1.29 is 0 Å². The summed E-state index contributed by atoms with van der Waals surface area (Å²) in [5, 5.41) is 13.5. The van der Waals surface area contributed by atoms with Crippen LogP contribution in [-0.2, 0) is 12.8 Å². The van der Waals surface area contributed by atoms with Gasteiger partial charge in [-0.15, -0.1) is 0 Å². The Kier molecular flexibility index (Phi) is 4.28. The van der Waals surface area contributed by atoms with Gasteiger partial charge in [-0.3, -0.25) is 0 Å². The van der Waals surface area contributed by atoms with E-state index in [1.54, 1.807) is 11.1 Å². The average Bonchev–Trinajstić information content (AvgIpc) is 2.96. The molecule has 0 saturated heterocycles. The molecule has 0 radical (unpaired) electrons. The SMILES string of the molecule is c1cc2c(c(-c3ccc4c5ccccc5c5c6ccccc6c6ccccc6c5c4c3)c1)CCCC2. The molecule has 0 bridgehead atoms. The number of hydrogen-bond acceptors (Lipinski definition) is 0. The molecule has 0 heterocycles. The van der Waals surface area contributed by atoms with E-state index >= 15 is 0 Å². The van der Waals surface area contributed by atoms with E-state index in [-0.39, 0.29) is 0 Å². The lowest BCUT2D eigenvalue weighted by atomic mass is 9.84. The number of hydrogen-bond donors (Lipinski definition) is 0. The predicted octanol–water partition coefficient (Wildman–Crippen LogP) is 10.00. The topological polar surface area (TPSA) is 0 Å². The van der Waals surface area contributed by atoms with Gasteiger partial charge in [-0.05, 0) is 108 Å². The van der Waals surface area contributed by atoms with Crippen LogP contribution in [0.25, 0.3) is 65.0 Å². The first-order chi connectivity index (χ1) is 17.9. The standard InChI is InChI=1S/C36H26/c1-2-12-25-23(10-1)11-9-19-26(25)24-20-21-30-29-15-5-7-17-32(29)35-31-16-6-3-13-27(31)28-14-4-8-18-33(28)36(35)34(30)22-24/h3-9,11,13-22H,1-2,10,12H2. The molecule has 0 heteroatoms. The van der Waals surface area contributed by atoms with Gasteiger partial charge < -0.3 is 0 Å². The Bertz CT molecular complexity index is 1970. The molecule has 7 aromatic carbocycles. The van der Waals surface area contributed by atoms with Crippen molar-refractivity contribution in [3.8, 4) is 11.1 Å². The Morgan fingerprint density at radius 2 is 0.917 bits per heavy atom. The lowest BCUT2D eigenvalue weighted by Gasteiger charge is -2.20. The summed E-state index contributed by atoms with van der Waals surface area (Å²) in [5.41, 5.74) is 5.86. The fraction of sp³-hybridized carbons (Fsp3) is 0.111. The number of rotatable bonds is 1. The van der Waals surface area contributed by atoms with Crippen LogP contribution < -0.4 is 0 Å². The fourth-order valence-electron chi connectivity index (χ4n) is 6.84. The molecular weight excluding hydrogens is 432 g/mol. The van der Waals surface area contributed by atoms with Crippen molar-refractivity contribution in [3.63, 3.8) is 0 Å². The van der Waals surface area contributed by atoms with Crippen molar-refractivity contribution in [2.45, 2.75) is 25.7 Å². The Labute approximate surface area is 210 Å². The van der Waals surface area contributed by atoms with Crippen LogP contribution in [0.5, 0.6) is 0 Å². The number of benzene rings is 7. The van der Waals surface area contributed by atoms with E-state index < -0.39 is 0 Å². The summed E-state index contributed by atoms with van der Waals surface area (Å²) in [7, 11) is 0. The van der Waals surface area contributed by atoms with Crippen molar-refractivity contribution in [2.24, 2.45) is 0 Å². The van der Waals surface area contributed by atoms with Gasteiger partial charge >= 0.3 is 0 Å². The van der Waals surface area contributed by atoms with E-state index in [4.69, 9.17) is 0 Å². The van der Waals surface area contributed by atoms with Crippen LogP contribution in [0.1, 0.15) is 24.0 Å². The minimum Gasteiger partial charge on any atom is -0.0616 e. The molecule has 0 aromatic heterocycles. The van der Waals surface area contributed by atoms with Crippen molar-refractivity contribution in [3.05, 3.63) is 120 Å². The summed E-state index contributed by atoms with van der Waals surface area (Å²) in [6, 6.07) is 41.0. The molecule has 0 amide bonds. The molecular formula is C36H26. The maximum atomic E-state index is 2.48. The highest BCUT2D eigenvalue weighted by atomic mass is 14.2. The third-order valence-corrected chi connectivity index (χ3v) is 8.42. The predicted molar refractivity (Wildman–Crippen MR) is 156 cm³/mol. The van der Waals surface area contributed by atoms with Gasteiger partial charge in [0.15, 0.2) is 0 Å². The number of fused-ring (bicyclic) bond motifs is 12.